The van der Waals surface area contributed by atoms with E-state index >= 15 is 0 Å². The highest BCUT2D eigenvalue weighted by atomic mass is 35.5. The van der Waals surface area contributed by atoms with E-state index in [0.717, 1.165) is 41.8 Å². The van der Waals surface area contributed by atoms with Gasteiger partial charge in [-0.3, -0.25) is 9.69 Å². The van der Waals surface area contributed by atoms with Gasteiger partial charge in [-0.15, -0.1) is 0 Å². The van der Waals surface area contributed by atoms with Gasteiger partial charge in [-0.1, -0.05) is 85.7 Å². The van der Waals surface area contributed by atoms with Gasteiger partial charge in [0.05, 0.1) is 16.3 Å². The fraction of sp³-hybridized carbons (Fsp3) is 0.208. The molecule has 1 aliphatic rings. The van der Waals surface area contributed by atoms with Crippen LogP contribution >= 0.6 is 35.6 Å². The minimum absolute atomic E-state index is 0.0272. The first-order valence-electron chi connectivity index (χ1n) is 10.2. The summed E-state index contributed by atoms with van der Waals surface area (Å²) in [6.07, 6.45) is 6.99. The van der Waals surface area contributed by atoms with Gasteiger partial charge >= 0.3 is 0 Å². The predicted molar refractivity (Wildman–Crippen MR) is 133 cm³/mol. The van der Waals surface area contributed by atoms with Crippen LogP contribution in [0.25, 0.3) is 23.0 Å². The number of benzene rings is 2. The molecule has 4 nitrogen and oxygen atoms in total. The number of hydrogen-bond donors (Lipinski definition) is 0. The molecule has 2 heterocycles. The lowest BCUT2D eigenvalue weighted by Crippen LogP contribution is -2.28. The molecule has 0 spiro atoms. The van der Waals surface area contributed by atoms with Crippen molar-refractivity contribution in [2.45, 2.75) is 26.2 Å². The van der Waals surface area contributed by atoms with Crippen molar-refractivity contribution in [1.29, 1.82) is 0 Å². The van der Waals surface area contributed by atoms with Gasteiger partial charge in [0, 0.05) is 28.9 Å². The van der Waals surface area contributed by atoms with Crippen LogP contribution in [0.1, 0.15) is 31.7 Å². The zero-order valence-electron chi connectivity index (χ0n) is 17.1. The quantitative estimate of drug-likeness (QED) is 0.223. The molecular weight excluding hydrogens is 446 g/mol. The lowest BCUT2D eigenvalue weighted by Gasteiger charge is -2.13. The Morgan fingerprint density at radius 2 is 1.84 bits per heavy atom. The maximum Gasteiger partial charge on any atom is 0.266 e. The third-order valence-electron chi connectivity index (χ3n) is 5.03. The zero-order chi connectivity index (χ0) is 21.8. The van der Waals surface area contributed by atoms with Crippen molar-refractivity contribution in [3.05, 3.63) is 76.3 Å². The number of carbonyl (C=O) groups is 1. The second-order valence-corrected chi connectivity index (χ2v) is 9.37. The van der Waals surface area contributed by atoms with E-state index in [1.807, 2.05) is 71.6 Å². The molecule has 0 saturated carbocycles. The van der Waals surface area contributed by atoms with Crippen LogP contribution in [0.5, 0.6) is 0 Å². The fourth-order valence-electron chi connectivity index (χ4n) is 3.39. The number of hydrogen-bond acceptors (Lipinski definition) is 4. The second kappa shape index (κ2) is 9.81. The molecule has 2 aromatic carbocycles. The summed E-state index contributed by atoms with van der Waals surface area (Å²) in [5.41, 5.74) is 3.53. The van der Waals surface area contributed by atoms with Crippen molar-refractivity contribution >= 4 is 51.9 Å². The first-order chi connectivity index (χ1) is 15.1. The van der Waals surface area contributed by atoms with Gasteiger partial charge in [0.15, 0.2) is 0 Å². The van der Waals surface area contributed by atoms with E-state index in [1.165, 1.54) is 11.8 Å². The van der Waals surface area contributed by atoms with E-state index < -0.39 is 0 Å². The van der Waals surface area contributed by atoms with E-state index in [1.54, 1.807) is 4.90 Å². The van der Waals surface area contributed by atoms with Crippen LogP contribution in [0.15, 0.2) is 65.7 Å². The Hall–Kier alpha value is -2.41. The second-order valence-electron chi connectivity index (χ2n) is 7.26. The van der Waals surface area contributed by atoms with Crippen LogP contribution in [0.3, 0.4) is 0 Å². The number of aromatic nitrogens is 2. The molecule has 1 aliphatic heterocycles. The first-order valence-corrected chi connectivity index (χ1v) is 11.8. The lowest BCUT2D eigenvalue weighted by atomic mass is 10.1. The molecule has 1 amide bonds. The van der Waals surface area contributed by atoms with Crippen LogP contribution in [0.2, 0.25) is 5.02 Å². The summed E-state index contributed by atoms with van der Waals surface area (Å²) in [7, 11) is 0. The summed E-state index contributed by atoms with van der Waals surface area (Å²) in [6.45, 7) is 2.82. The van der Waals surface area contributed by atoms with Crippen LogP contribution < -0.4 is 0 Å². The number of para-hydroxylation sites is 1. The average Bonchev–Trinajstić information content (AvgIpc) is 3.31. The summed E-state index contributed by atoms with van der Waals surface area (Å²) in [5.74, 6) is -0.0272. The highest BCUT2D eigenvalue weighted by Gasteiger charge is 2.31. The number of unbranched alkanes of at least 4 members (excludes halogenated alkanes) is 2. The molecule has 7 heteroatoms. The number of nitrogens with zero attached hydrogens (tertiary/aromatic N) is 3. The number of rotatable bonds is 7. The summed E-state index contributed by atoms with van der Waals surface area (Å²) in [6, 6.07) is 17.5. The summed E-state index contributed by atoms with van der Waals surface area (Å²) in [4.78, 5) is 15.3. The third-order valence-corrected chi connectivity index (χ3v) is 6.66. The highest BCUT2D eigenvalue weighted by Crippen LogP contribution is 2.35. The Kier molecular flexibility index (Phi) is 6.90. The van der Waals surface area contributed by atoms with Crippen molar-refractivity contribution in [3.63, 3.8) is 0 Å². The summed E-state index contributed by atoms with van der Waals surface area (Å²) in [5, 5.41) is 5.48. The topological polar surface area (TPSA) is 38.1 Å². The van der Waals surface area contributed by atoms with E-state index in [-0.39, 0.29) is 5.91 Å². The molecule has 0 N–H and O–H groups in total. The van der Waals surface area contributed by atoms with Crippen molar-refractivity contribution in [2.75, 3.05) is 6.54 Å². The molecule has 0 bridgehead atoms. The predicted octanol–water partition coefficient (Wildman–Crippen LogP) is 6.58. The molecule has 4 rings (SSSR count). The Labute approximate surface area is 196 Å². The molecule has 1 aromatic heterocycles. The minimum Gasteiger partial charge on any atom is -0.293 e. The Morgan fingerprint density at radius 1 is 1.10 bits per heavy atom. The minimum atomic E-state index is -0.0272. The molecule has 0 radical (unpaired) electrons. The Bertz CT molecular complexity index is 1120. The molecule has 3 aromatic rings. The molecule has 0 unspecified atom stereocenters. The van der Waals surface area contributed by atoms with Gasteiger partial charge in [-0.05, 0) is 36.8 Å². The zero-order valence-corrected chi connectivity index (χ0v) is 19.5. The van der Waals surface area contributed by atoms with E-state index in [2.05, 4.69) is 6.92 Å². The van der Waals surface area contributed by atoms with Gasteiger partial charge in [-0.2, -0.15) is 5.10 Å². The van der Waals surface area contributed by atoms with Gasteiger partial charge < -0.3 is 0 Å². The normalized spacial score (nSPS) is 15.3. The van der Waals surface area contributed by atoms with Crippen LogP contribution in [-0.2, 0) is 4.79 Å². The molecule has 0 aliphatic carbocycles. The highest BCUT2D eigenvalue weighted by molar-refractivity contribution is 8.26. The number of thioether (sulfide) groups is 1. The molecule has 158 valence electrons. The van der Waals surface area contributed by atoms with E-state index in [9.17, 15) is 4.79 Å². The Balaban J connectivity index is 1.71. The van der Waals surface area contributed by atoms with Crippen molar-refractivity contribution < 1.29 is 4.79 Å². The molecule has 1 fully saturated rings. The van der Waals surface area contributed by atoms with Gasteiger partial charge in [0.1, 0.15) is 4.32 Å². The smallest absolute Gasteiger partial charge is 0.266 e. The fourth-order valence-corrected chi connectivity index (χ4v) is 4.82. The van der Waals surface area contributed by atoms with Crippen molar-refractivity contribution in [1.82, 2.24) is 14.7 Å². The standard InChI is InChI=1S/C24H22ClN3OS2/c1-2-3-7-14-27-23(29)21(31-24(27)30)15-18-16-28(20-8-5-4-6-9-20)26-22(18)17-10-12-19(25)13-11-17/h4-6,8-13,15-16H,2-3,7,14H2,1H3. The maximum absolute atomic E-state index is 13.0. The van der Waals surface area contributed by atoms with Gasteiger partial charge in [0.2, 0.25) is 0 Å². The van der Waals surface area contributed by atoms with E-state index in [0.29, 0.717) is 20.8 Å². The largest absolute Gasteiger partial charge is 0.293 e. The number of thiocarbonyl (C=S) groups is 1. The van der Waals surface area contributed by atoms with Gasteiger partial charge in [-0.25, -0.2) is 4.68 Å². The van der Waals surface area contributed by atoms with E-state index in [4.69, 9.17) is 28.9 Å². The van der Waals surface area contributed by atoms with Crippen LogP contribution in [-0.4, -0.2) is 31.5 Å². The molecule has 31 heavy (non-hydrogen) atoms. The van der Waals surface area contributed by atoms with Crippen molar-refractivity contribution in [2.24, 2.45) is 0 Å². The first kappa shape index (κ1) is 21.8. The molecular formula is C24H22ClN3OS2. The average molecular weight is 468 g/mol. The maximum atomic E-state index is 13.0. The number of amides is 1. The Morgan fingerprint density at radius 3 is 2.55 bits per heavy atom. The van der Waals surface area contributed by atoms with Crippen molar-refractivity contribution in [3.8, 4) is 16.9 Å². The number of halogens is 1. The monoisotopic (exact) mass is 467 g/mol. The molecule has 1 saturated heterocycles. The summed E-state index contributed by atoms with van der Waals surface area (Å²) >= 11 is 12.9. The van der Waals surface area contributed by atoms with Crippen LogP contribution in [0.4, 0.5) is 0 Å². The number of carbonyl (C=O) groups excluding carboxylic acids is 1. The molecule has 0 atom stereocenters. The summed E-state index contributed by atoms with van der Waals surface area (Å²) < 4.78 is 2.45. The van der Waals surface area contributed by atoms with Gasteiger partial charge in [0.25, 0.3) is 5.91 Å². The van der Waals surface area contributed by atoms with Crippen LogP contribution in [0, 0.1) is 0 Å². The SMILES string of the molecule is CCCCCN1C(=O)C(=Cc2cn(-c3ccccc3)nc2-c2ccc(Cl)cc2)SC1=S. The third kappa shape index (κ3) is 4.92. The lowest BCUT2D eigenvalue weighted by molar-refractivity contribution is -0.122.